The van der Waals surface area contributed by atoms with Crippen LogP contribution in [0.4, 0.5) is 0 Å². The molecule has 3 aromatic rings. The maximum Gasteiger partial charge on any atom is 0.338 e. The fourth-order valence-corrected chi connectivity index (χ4v) is 2.15. The summed E-state index contributed by atoms with van der Waals surface area (Å²) in [4.78, 5) is 32.1. The Morgan fingerprint density at radius 3 is 2.77 bits per heavy atom. The first-order chi connectivity index (χ1) is 10.6. The lowest BCUT2D eigenvalue weighted by atomic mass is 10.3. The fraction of sp³-hybridized carbons (Fsp3) is 0.125. The van der Waals surface area contributed by atoms with E-state index in [1.54, 1.807) is 18.2 Å². The molecule has 6 heteroatoms. The number of pyridine rings is 2. The fourth-order valence-electron chi connectivity index (χ4n) is 2.15. The lowest BCUT2D eigenvalue weighted by Gasteiger charge is -2.07. The van der Waals surface area contributed by atoms with Crippen molar-refractivity contribution < 1.29 is 9.53 Å². The first-order valence-corrected chi connectivity index (χ1v) is 6.70. The number of rotatable bonds is 3. The largest absolute Gasteiger partial charge is 0.456 e. The van der Waals surface area contributed by atoms with Crippen molar-refractivity contribution in [2.45, 2.75) is 13.5 Å². The first kappa shape index (κ1) is 13.9. The number of fused-ring (bicyclic) bond motifs is 1. The van der Waals surface area contributed by atoms with Crippen LogP contribution in [0, 0.1) is 6.92 Å². The van der Waals surface area contributed by atoms with Gasteiger partial charge in [0.05, 0.1) is 11.3 Å². The molecule has 0 unspecified atom stereocenters. The van der Waals surface area contributed by atoms with Crippen LogP contribution in [-0.4, -0.2) is 20.3 Å². The number of hydrogen-bond donors (Lipinski definition) is 0. The van der Waals surface area contributed by atoms with Gasteiger partial charge in [-0.3, -0.25) is 14.2 Å². The van der Waals surface area contributed by atoms with Crippen LogP contribution in [0.3, 0.4) is 0 Å². The van der Waals surface area contributed by atoms with Gasteiger partial charge in [-0.05, 0) is 31.2 Å². The normalized spacial score (nSPS) is 10.6. The Hall–Kier alpha value is -3.02. The third kappa shape index (κ3) is 2.71. The maximum absolute atomic E-state index is 12.1. The van der Waals surface area contributed by atoms with E-state index >= 15 is 0 Å². The summed E-state index contributed by atoms with van der Waals surface area (Å²) in [5.41, 5.74) is 1.96. The van der Waals surface area contributed by atoms with Gasteiger partial charge in [-0.1, -0.05) is 6.07 Å². The van der Waals surface area contributed by atoms with Crippen LogP contribution in [0.25, 0.3) is 5.65 Å². The molecule has 0 saturated heterocycles. The molecule has 0 atom stereocenters. The van der Waals surface area contributed by atoms with Crippen LogP contribution in [0.1, 0.15) is 21.7 Å². The summed E-state index contributed by atoms with van der Waals surface area (Å²) in [6.45, 7) is 1.78. The van der Waals surface area contributed by atoms with E-state index in [-0.39, 0.29) is 12.2 Å². The van der Waals surface area contributed by atoms with Gasteiger partial charge in [0, 0.05) is 24.2 Å². The molecule has 22 heavy (non-hydrogen) atoms. The quantitative estimate of drug-likeness (QED) is 0.688. The number of aryl methyl sites for hydroxylation is 1. The van der Waals surface area contributed by atoms with Crippen LogP contribution >= 0.6 is 0 Å². The molecule has 0 fully saturated rings. The van der Waals surface area contributed by atoms with Crippen LogP contribution in [-0.2, 0) is 11.3 Å². The highest BCUT2D eigenvalue weighted by molar-refractivity contribution is 5.89. The van der Waals surface area contributed by atoms with Crippen molar-refractivity contribution in [2.24, 2.45) is 0 Å². The first-order valence-electron chi connectivity index (χ1n) is 6.70. The lowest BCUT2D eigenvalue weighted by molar-refractivity contribution is 0.0467. The molecule has 3 rings (SSSR count). The van der Waals surface area contributed by atoms with Gasteiger partial charge in [-0.25, -0.2) is 9.78 Å². The van der Waals surface area contributed by atoms with E-state index in [2.05, 4.69) is 9.97 Å². The zero-order chi connectivity index (χ0) is 15.5. The molecule has 3 aromatic heterocycles. The van der Waals surface area contributed by atoms with E-state index < -0.39 is 5.97 Å². The minimum Gasteiger partial charge on any atom is -0.456 e. The molecule has 0 amide bonds. The van der Waals surface area contributed by atoms with E-state index in [4.69, 9.17) is 4.74 Å². The van der Waals surface area contributed by atoms with Crippen molar-refractivity contribution in [3.63, 3.8) is 0 Å². The second-order valence-corrected chi connectivity index (χ2v) is 4.76. The number of aromatic nitrogens is 3. The van der Waals surface area contributed by atoms with Gasteiger partial charge in [-0.2, -0.15) is 0 Å². The second kappa shape index (κ2) is 5.77. The van der Waals surface area contributed by atoms with Gasteiger partial charge in [0.15, 0.2) is 0 Å². The molecule has 0 aliphatic heterocycles. The van der Waals surface area contributed by atoms with Crippen molar-refractivity contribution in [1.82, 2.24) is 14.4 Å². The molecule has 0 aromatic carbocycles. The molecule has 0 aliphatic carbocycles. The summed E-state index contributed by atoms with van der Waals surface area (Å²) in [7, 11) is 0. The van der Waals surface area contributed by atoms with Gasteiger partial charge in [-0.15, -0.1) is 0 Å². The summed E-state index contributed by atoms with van der Waals surface area (Å²) < 4.78 is 6.68. The van der Waals surface area contributed by atoms with Gasteiger partial charge in [0.1, 0.15) is 12.3 Å². The summed E-state index contributed by atoms with van der Waals surface area (Å²) in [5.74, 6) is -0.478. The summed E-state index contributed by atoms with van der Waals surface area (Å²) in [6, 6.07) is 9.90. The van der Waals surface area contributed by atoms with Crippen LogP contribution in [0.2, 0.25) is 0 Å². The van der Waals surface area contributed by atoms with Crippen molar-refractivity contribution in [2.75, 3.05) is 0 Å². The molecule has 3 heterocycles. The van der Waals surface area contributed by atoms with Crippen LogP contribution in [0.15, 0.2) is 53.6 Å². The molecular formula is C16H13N3O3. The van der Waals surface area contributed by atoms with Crippen LogP contribution in [0.5, 0.6) is 0 Å². The standard InChI is InChI=1S/C16H13N3O3/c1-11-3-2-4-14-18-13(9-15(20)19(11)14)10-22-16(21)12-5-7-17-8-6-12/h2-9H,10H2,1H3. The van der Waals surface area contributed by atoms with Crippen molar-refractivity contribution in [3.8, 4) is 0 Å². The zero-order valence-electron chi connectivity index (χ0n) is 11.9. The molecule has 0 aliphatic rings. The van der Waals surface area contributed by atoms with E-state index in [1.165, 1.54) is 22.9 Å². The Kier molecular flexibility index (Phi) is 3.65. The summed E-state index contributed by atoms with van der Waals surface area (Å²) in [5, 5.41) is 0. The smallest absolute Gasteiger partial charge is 0.338 e. The minimum absolute atomic E-state index is 0.0547. The van der Waals surface area contributed by atoms with E-state index in [0.717, 1.165) is 5.69 Å². The molecule has 110 valence electrons. The SMILES string of the molecule is Cc1cccc2nc(COC(=O)c3ccncc3)cc(=O)n12. The van der Waals surface area contributed by atoms with Gasteiger partial charge >= 0.3 is 5.97 Å². The minimum atomic E-state index is -0.478. The summed E-state index contributed by atoms with van der Waals surface area (Å²) in [6.07, 6.45) is 3.03. The molecule has 0 radical (unpaired) electrons. The lowest BCUT2D eigenvalue weighted by Crippen LogP contribution is -2.18. The number of carbonyl (C=O) groups excluding carboxylic acids is 1. The number of hydrogen-bond acceptors (Lipinski definition) is 5. The zero-order valence-corrected chi connectivity index (χ0v) is 11.9. The highest BCUT2D eigenvalue weighted by Crippen LogP contribution is 2.06. The van der Waals surface area contributed by atoms with Gasteiger partial charge in [0.2, 0.25) is 0 Å². The average molecular weight is 295 g/mol. The Bertz CT molecular complexity index is 888. The Morgan fingerprint density at radius 1 is 1.23 bits per heavy atom. The van der Waals surface area contributed by atoms with Gasteiger partial charge < -0.3 is 4.74 Å². The topological polar surface area (TPSA) is 73.6 Å². The highest BCUT2D eigenvalue weighted by Gasteiger charge is 2.09. The van der Waals surface area contributed by atoms with E-state index in [1.807, 2.05) is 19.1 Å². The number of carbonyl (C=O) groups is 1. The van der Waals surface area contributed by atoms with Crippen LogP contribution < -0.4 is 5.56 Å². The predicted molar refractivity (Wildman–Crippen MR) is 79.6 cm³/mol. The molecular weight excluding hydrogens is 282 g/mol. The van der Waals surface area contributed by atoms with E-state index in [0.29, 0.717) is 16.9 Å². The number of ether oxygens (including phenoxy) is 1. The average Bonchev–Trinajstić information content (AvgIpc) is 2.53. The molecule has 0 saturated carbocycles. The third-order valence-electron chi connectivity index (χ3n) is 3.20. The maximum atomic E-state index is 12.1. The molecule has 0 spiro atoms. The van der Waals surface area contributed by atoms with Crippen molar-refractivity contribution in [3.05, 3.63) is 76.1 Å². The van der Waals surface area contributed by atoms with Gasteiger partial charge in [0.25, 0.3) is 5.56 Å². The molecule has 0 N–H and O–H groups in total. The predicted octanol–water partition coefficient (Wildman–Crippen LogP) is 1.75. The summed E-state index contributed by atoms with van der Waals surface area (Å²) >= 11 is 0. The molecule has 0 bridgehead atoms. The highest BCUT2D eigenvalue weighted by atomic mass is 16.5. The number of nitrogens with zero attached hydrogens (tertiary/aromatic N) is 3. The molecule has 6 nitrogen and oxygen atoms in total. The second-order valence-electron chi connectivity index (χ2n) is 4.76. The Balaban J connectivity index is 1.83. The van der Waals surface area contributed by atoms with E-state index in [9.17, 15) is 9.59 Å². The Labute approximate surface area is 126 Å². The van der Waals surface area contributed by atoms with Crippen molar-refractivity contribution >= 4 is 11.6 Å². The monoisotopic (exact) mass is 295 g/mol. The number of esters is 1. The Morgan fingerprint density at radius 2 is 2.00 bits per heavy atom. The van der Waals surface area contributed by atoms with Crippen molar-refractivity contribution in [1.29, 1.82) is 0 Å². The third-order valence-corrected chi connectivity index (χ3v) is 3.20.